The Labute approximate surface area is 116 Å². The van der Waals surface area contributed by atoms with Crippen LogP contribution in [-0.2, 0) is 0 Å². The van der Waals surface area contributed by atoms with Crippen LogP contribution in [-0.4, -0.2) is 18.7 Å². The van der Waals surface area contributed by atoms with Gasteiger partial charge >= 0.3 is 0 Å². The van der Waals surface area contributed by atoms with Crippen LogP contribution in [0.4, 0.5) is 5.69 Å². The molecule has 2 atom stereocenters. The van der Waals surface area contributed by atoms with Crippen molar-refractivity contribution >= 4 is 5.69 Å². The largest absolute Gasteiger partial charge is 0.491 e. The number of nitrogens with one attached hydrogen (secondary N) is 1. The van der Waals surface area contributed by atoms with Gasteiger partial charge in [-0.3, -0.25) is 0 Å². The van der Waals surface area contributed by atoms with Crippen molar-refractivity contribution in [3.05, 3.63) is 23.8 Å². The molecule has 106 valence electrons. The van der Waals surface area contributed by atoms with Gasteiger partial charge in [0, 0.05) is 11.7 Å². The van der Waals surface area contributed by atoms with Crippen LogP contribution in [0.1, 0.15) is 38.7 Å². The van der Waals surface area contributed by atoms with Crippen molar-refractivity contribution in [3.63, 3.8) is 0 Å². The average molecular weight is 262 g/mol. The maximum atomic E-state index is 5.83. The van der Waals surface area contributed by atoms with Gasteiger partial charge in [0.15, 0.2) is 0 Å². The summed E-state index contributed by atoms with van der Waals surface area (Å²) in [5.41, 5.74) is 8.28. The molecule has 3 heteroatoms. The molecule has 3 N–H and O–H groups in total. The van der Waals surface area contributed by atoms with Crippen LogP contribution in [0.5, 0.6) is 5.75 Å². The number of anilines is 1. The maximum absolute atomic E-state index is 5.83. The fraction of sp³-hybridized carbons (Fsp3) is 0.625. The Morgan fingerprint density at radius 2 is 2.16 bits per heavy atom. The molecular weight excluding hydrogens is 236 g/mol. The predicted molar refractivity (Wildman–Crippen MR) is 80.7 cm³/mol. The zero-order valence-corrected chi connectivity index (χ0v) is 12.3. The molecule has 0 aliphatic heterocycles. The van der Waals surface area contributed by atoms with Crippen molar-refractivity contribution < 1.29 is 4.74 Å². The van der Waals surface area contributed by atoms with Crippen LogP contribution in [0.2, 0.25) is 0 Å². The highest BCUT2D eigenvalue weighted by molar-refractivity contribution is 5.54. The van der Waals surface area contributed by atoms with Gasteiger partial charge in [-0.05, 0) is 69.8 Å². The molecule has 0 spiro atoms. The summed E-state index contributed by atoms with van der Waals surface area (Å²) in [6, 6.07) is 6.80. The second kappa shape index (κ2) is 6.29. The minimum Gasteiger partial charge on any atom is -0.491 e. The standard InChI is InChI=1S/C16H26N2O/c1-11(2)19-14-7-8-15(12(3)9-14)18-16-6-4-5-13(16)10-17/h7-9,11,13,16,18H,4-6,10,17H2,1-3H3. The van der Waals surface area contributed by atoms with Crippen molar-refractivity contribution in [2.75, 3.05) is 11.9 Å². The van der Waals surface area contributed by atoms with E-state index in [-0.39, 0.29) is 6.10 Å². The molecule has 2 unspecified atom stereocenters. The van der Waals surface area contributed by atoms with Crippen LogP contribution < -0.4 is 15.8 Å². The van der Waals surface area contributed by atoms with E-state index in [9.17, 15) is 0 Å². The van der Waals surface area contributed by atoms with Gasteiger partial charge in [-0.1, -0.05) is 6.42 Å². The molecule has 0 aromatic heterocycles. The molecule has 0 heterocycles. The first-order valence-electron chi connectivity index (χ1n) is 7.34. The number of nitrogens with two attached hydrogens (primary N) is 1. The Bertz CT molecular complexity index is 417. The molecule has 0 radical (unpaired) electrons. The molecule has 1 aliphatic carbocycles. The first kappa shape index (κ1) is 14.2. The van der Waals surface area contributed by atoms with Crippen LogP contribution in [0.15, 0.2) is 18.2 Å². The van der Waals surface area contributed by atoms with Crippen molar-refractivity contribution in [1.29, 1.82) is 0 Å². The van der Waals surface area contributed by atoms with E-state index < -0.39 is 0 Å². The first-order chi connectivity index (χ1) is 9.10. The maximum Gasteiger partial charge on any atom is 0.120 e. The normalized spacial score (nSPS) is 22.8. The van der Waals surface area contributed by atoms with E-state index >= 15 is 0 Å². The lowest BCUT2D eigenvalue weighted by atomic mass is 10.0. The lowest BCUT2D eigenvalue weighted by Gasteiger charge is -2.22. The zero-order valence-electron chi connectivity index (χ0n) is 12.3. The Morgan fingerprint density at radius 3 is 2.79 bits per heavy atom. The van der Waals surface area contributed by atoms with Crippen LogP contribution in [0, 0.1) is 12.8 Å². The molecule has 3 nitrogen and oxygen atoms in total. The number of rotatable bonds is 5. The van der Waals surface area contributed by atoms with Crippen molar-refractivity contribution in [3.8, 4) is 5.75 Å². The van der Waals surface area contributed by atoms with E-state index in [4.69, 9.17) is 10.5 Å². The van der Waals surface area contributed by atoms with E-state index in [1.165, 1.54) is 30.5 Å². The van der Waals surface area contributed by atoms with Crippen LogP contribution in [0.3, 0.4) is 0 Å². The summed E-state index contributed by atoms with van der Waals surface area (Å²) >= 11 is 0. The second-order valence-electron chi connectivity index (χ2n) is 5.82. The first-order valence-corrected chi connectivity index (χ1v) is 7.34. The molecule has 0 saturated heterocycles. The molecule has 1 aromatic rings. The van der Waals surface area contributed by atoms with Gasteiger partial charge in [0.25, 0.3) is 0 Å². The van der Waals surface area contributed by atoms with Gasteiger partial charge in [-0.2, -0.15) is 0 Å². The van der Waals surface area contributed by atoms with Crippen molar-refractivity contribution in [1.82, 2.24) is 0 Å². The summed E-state index contributed by atoms with van der Waals surface area (Å²) < 4.78 is 5.71. The summed E-state index contributed by atoms with van der Waals surface area (Å²) in [4.78, 5) is 0. The third-order valence-electron chi connectivity index (χ3n) is 3.87. The Morgan fingerprint density at radius 1 is 1.37 bits per heavy atom. The molecule has 1 aliphatic rings. The van der Waals surface area contributed by atoms with Gasteiger partial charge in [-0.25, -0.2) is 0 Å². The number of ether oxygens (including phenoxy) is 1. The monoisotopic (exact) mass is 262 g/mol. The highest BCUT2D eigenvalue weighted by atomic mass is 16.5. The highest BCUT2D eigenvalue weighted by Crippen LogP contribution is 2.30. The third-order valence-corrected chi connectivity index (χ3v) is 3.87. The van der Waals surface area contributed by atoms with E-state index in [1.807, 2.05) is 19.9 Å². The summed E-state index contributed by atoms with van der Waals surface area (Å²) in [6.07, 6.45) is 3.98. The van der Waals surface area contributed by atoms with E-state index in [2.05, 4.69) is 24.4 Å². The zero-order chi connectivity index (χ0) is 13.8. The van der Waals surface area contributed by atoms with Crippen molar-refractivity contribution in [2.45, 2.75) is 52.2 Å². The third kappa shape index (κ3) is 3.63. The molecule has 19 heavy (non-hydrogen) atoms. The van der Waals surface area contributed by atoms with E-state index in [0.717, 1.165) is 12.3 Å². The van der Waals surface area contributed by atoms with Crippen molar-refractivity contribution in [2.24, 2.45) is 11.7 Å². The minimum absolute atomic E-state index is 0.217. The highest BCUT2D eigenvalue weighted by Gasteiger charge is 2.26. The average Bonchev–Trinajstić information content (AvgIpc) is 2.79. The van der Waals surface area contributed by atoms with Crippen LogP contribution >= 0.6 is 0 Å². The van der Waals surface area contributed by atoms with Gasteiger partial charge < -0.3 is 15.8 Å². The molecule has 2 rings (SSSR count). The Hall–Kier alpha value is -1.22. The lowest BCUT2D eigenvalue weighted by Crippen LogP contribution is -2.29. The Kier molecular flexibility index (Phi) is 4.70. The molecule has 0 bridgehead atoms. The summed E-state index contributed by atoms with van der Waals surface area (Å²) in [6.45, 7) is 7.00. The number of hydrogen-bond donors (Lipinski definition) is 2. The van der Waals surface area contributed by atoms with Gasteiger partial charge in [0.05, 0.1) is 6.10 Å². The summed E-state index contributed by atoms with van der Waals surface area (Å²) in [7, 11) is 0. The molecule has 1 aromatic carbocycles. The number of benzene rings is 1. The van der Waals surface area contributed by atoms with Gasteiger partial charge in [0.1, 0.15) is 5.75 Å². The quantitative estimate of drug-likeness (QED) is 0.855. The smallest absolute Gasteiger partial charge is 0.120 e. The second-order valence-corrected chi connectivity index (χ2v) is 5.82. The summed E-state index contributed by atoms with van der Waals surface area (Å²) in [5.74, 6) is 1.56. The number of hydrogen-bond acceptors (Lipinski definition) is 3. The Balaban J connectivity index is 2.04. The molecular formula is C16H26N2O. The van der Waals surface area contributed by atoms with Crippen LogP contribution in [0.25, 0.3) is 0 Å². The summed E-state index contributed by atoms with van der Waals surface area (Å²) in [5, 5.41) is 3.66. The fourth-order valence-corrected chi connectivity index (χ4v) is 2.85. The topological polar surface area (TPSA) is 47.3 Å². The molecule has 0 amide bonds. The number of aryl methyl sites for hydroxylation is 1. The fourth-order valence-electron chi connectivity index (χ4n) is 2.85. The van der Waals surface area contributed by atoms with E-state index in [0.29, 0.717) is 12.0 Å². The predicted octanol–water partition coefficient (Wildman–Crippen LogP) is 3.32. The minimum atomic E-state index is 0.217. The SMILES string of the molecule is Cc1cc(OC(C)C)ccc1NC1CCCC1CN. The molecule has 1 saturated carbocycles. The van der Waals surface area contributed by atoms with E-state index in [1.54, 1.807) is 0 Å². The van der Waals surface area contributed by atoms with Gasteiger partial charge in [-0.15, -0.1) is 0 Å². The van der Waals surface area contributed by atoms with Gasteiger partial charge in [0.2, 0.25) is 0 Å². The lowest BCUT2D eigenvalue weighted by molar-refractivity contribution is 0.242. The molecule has 1 fully saturated rings.